The zero-order valence-corrected chi connectivity index (χ0v) is 22.7. The van der Waals surface area contributed by atoms with E-state index >= 15 is 0 Å². The van der Waals surface area contributed by atoms with Crippen molar-refractivity contribution in [3.8, 4) is 11.5 Å². The molecule has 0 atom stereocenters. The number of nitrogens with one attached hydrogen (secondary N) is 2. The number of aryl methyl sites for hydroxylation is 1. The van der Waals surface area contributed by atoms with Gasteiger partial charge in [0.2, 0.25) is 5.91 Å². The molecule has 41 heavy (non-hydrogen) atoms. The summed E-state index contributed by atoms with van der Waals surface area (Å²) in [4.78, 5) is 36.2. The lowest BCUT2D eigenvalue weighted by Gasteiger charge is -2.13. The normalized spacial score (nSPS) is 13.4. The number of fused-ring (bicyclic) bond motifs is 1. The summed E-state index contributed by atoms with van der Waals surface area (Å²) in [5.74, 6) is 0.928. The Balaban J connectivity index is 1.32. The second-order valence-corrected chi connectivity index (χ2v) is 9.85. The molecule has 1 aliphatic carbocycles. The number of carbonyl (C=O) groups is 2. The smallest absolute Gasteiger partial charge is 0.291 e. The lowest BCUT2D eigenvalue weighted by Crippen LogP contribution is -2.23. The summed E-state index contributed by atoms with van der Waals surface area (Å²) in [7, 11) is 0. The Morgan fingerprint density at radius 2 is 1.83 bits per heavy atom. The molecule has 2 amide bonds. The third-order valence-corrected chi connectivity index (χ3v) is 6.76. The molecule has 0 radical (unpaired) electrons. The van der Waals surface area contributed by atoms with Crippen LogP contribution in [0.3, 0.4) is 0 Å². The minimum absolute atomic E-state index is 0.00662. The number of furan rings is 1. The maximum Gasteiger partial charge on any atom is 0.291 e. The summed E-state index contributed by atoms with van der Waals surface area (Å²) in [6.45, 7) is 1.77. The zero-order chi connectivity index (χ0) is 28.9. The van der Waals surface area contributed by atoms with Crippen molar-refractivity contribution in [1.29, 1.82) is 0 Å². The number of nitro groups is 1. The molecule has 11 heteroatoms. The molecule has 4 aromatic rings. The number of rotatable bonds is 8. The third-order valence-electron chi connectivity index (χ3n) is 6.52. The molecule has 2 N–H and O–H groups in total. The Hall–Kier alpha value is -4.96. The summed E-state index contributed by atoms with van der Waals surface area (Å²) in [5, 5.41) is 18.4. The van der Waals surface area contributed by atoms with E-state index in [1.807, 2.05) is 18.2 Å². The van der Waals surface area contributed by atoms with E-state index in [4.69, 9.17) is 20.8 Å². The number of non-ortho nitro benzene ring substituents is 1. The van der Waals surface area contributed by atoms with Crippen molar-refractivity contribution in [3.05, 3.63) is 116 Å². The number of nitro benzene ring substituents is 1. The van der Waals surface area contributed by atoms with Gasteiger partial charge in [0.05, 0.1) is 22.7 Å². The van der Waals surface area contributed by atoms with Crippen LogP contribution in [0, 0.1) is 17.0 Å². The van der Waals surface area contributed by atoms with E-state index in [1.54, 1.807) is 37.3 Å². The van der Waals surface area contributed by atoms with Crippen molar-refractivity contribution < 1.29 is 23.7 Å². The molecule has 0 saturated carbocycles. The van der Waals surface area contributed by atoms with Crippen molar-refractivity contribution in [3.63, 3.8) is 0 Å². The van der Waals surface area contributed by atoms with Crippen LogP contribution >= 0.6 is 11.6 Å². The topological polar surface area (TPSA) is 136 Å². The first-order chi connectivity index (χ1) is 19.8. The van der Waals surface area contributed by atoms with E-state index < -0.39 is 10.8 Å². The summed E-state index contributed by atoms with van der Waals surface area (Å²) in [5.41, 5.74) is 5.43. The van der Waals surface area contributed by atoms with E-state index in [-0.39, 0.29) is 23.8 Å². The number of para-hydroxylation sites is 1. The van der Waals surface area contributed by atoms with Gasteiger partial charge in [0, 0.05) is 34.7 Å². The van der Waals surface area contributed by atoms with E-state index in [0.717, 1.165) is 6.42 Å². The van der Waals surface area contributed by atoms with Crippen LogP contribution in [-0.4, -0.2) is 22.4 Å². The van der Waals surface area contributed by atoms with Crippen LogP contribution in [0.25, 0.3) is 0 Å². The number of halogens is 1. The van der Waals surface area contributed by atoms with Crippen LogP contribution in [0.4, 0.5) is 11.4 Å². The second-order valence-electron chi connectivity index (χ2n) is 9.41. The Kier molecular flexibility index (Phi) is 8.11. The van der Waals surface area contributed by atoms with Gasteiger partial charge in [-0.05, 0) is 55.7 Å². The molecule has 1 aliphatic rings. The van der Waals surface area contributed by atoms with Gasteiger partial charge in [0.25, 0.3) is 11.6 Å². The van der Waals surface area contributed by atoms with Gasteiger partial charge in [-0.1, -0.05) is 41.9 Å². The van der Waals surface area contributed by atoms with Gasteiger partial charge in [0.1, 0.15) is 11.5 Å². The monoisotopic (exact) mass is 572 g/mol. The van der Waals surface area contributed by atoms with Crippen LogP contribution in [-0.2, 0) is 17.6 Å². The first-order valence-corrected chi connectivity index (χ1v) is 13.2. The van der Waals surface area contributed by atoms with Crippen molar-refractivity contribution >= 4 is 40.5 Å². The molecular formula is C30H25ClN4O6. The van der Waals surface area contributed by atoms with Gasteiger partial charge in [-0.15, -0.1) is 0 Å². The quantitative estimate of drug-likeness (QED) is 0.180. The molecule has 1 aromatic heterocycles. The molecule has 3 aromatic carbocycles. The maximum atomic E-state index is 13.4. The molecule has 5 rings (SSSR count). The highest BCUT2D eigenvalue weighted by Gasteiger charge is 2.28. The van der Waals surface area contributed by atoms with Crippen LogP contribution in [0.2, 0.25) is 5.02 Å². The average Bonchev–Trinajstić information content (AvgIpc) is 3.31. The van der Waals surface area contributed by atoms with Crippen molar-refractivity contribution in [2.45, 2.75) is 32.6 Å². The number of carbonyl (C=O) groups excluding carboxylic acids is 2. The highest BCUT2D eigenvalue weighted by molar-refractivity contribution is 6.31. The van der Waals surface area contributed by atoms with Crippen molar-refractivity contribution in [2.75, 3.05) is 5.32 Å². The minimum Gasteiger partial charge on any atom is -0.455 e. The Morgan fingerprint density at radius 3 is 2.56 bits per heavy atom. The van der Waals surface area contributed by atoms with Crippen LogP contribution < -0.4 is 15.5 Å². The molecule has 0 aliphatic heterocycles. The largest absolute Gasteiger partial charge is 0.455 e. The Labute approximate surface area is 240 Å². The summed E-state index contributed by atoms with van der Waals surface area (Å²) >= 11 is 6.21. The lowest BCUT2D eigenvalue weighted by molar-refractivity contribution is -0.384. The van der Waals surface area contributed by atoms with Gasteiger partial charge >= 0.3 is 0 Å². The van der Waals surface area contributed by atoms with Gasteiger partial charge in [0.15, 0.2) is 11.5 Å². The van der Waals surface area contributed by atoms with Crippen LogP contribution in [0.5, 0.6) is 11.5 Å². The number of hydrogen-bond acceptors (Lipinski definition) is 7. The molecule has 10 nitrogen and oxygen atoms in total. The fourth-order valence-electron chi connectivity index (χ4n) is 4.57. The summed E-state index contributed by atoms with van der Waals surface area (Å²) in [6.07, 6.45) is 1.96. The lowest BCUT2D eigenvalue weighted by atomic mass is 9.93. The maximum absolute atomic E-state index is 13.4. The third kappa shape index (κ3) is 6.44. The SMILES string of the molecule is Cc1c(C(=O)Nc2cc(Cl)ccc2Oc2ccccc2)oc2c1/C(=N/NC(=O)Cc1ccc([N+](=O)[O-])cc1)CCC2. The van der Waals surface area contributed by atoms with E-state index in [9.17, 15) is 19.7 Å². The molecule has 0 spiro atoms. The molecule has 1 heterocycles. The molecule has 208 valence electrons. The van der Waals surface area contributed by atoms with Gasteiger partial charge in [-0.2, -0.15) is 5.10 Å². The molecule has 0 unspecified atom stereocenters. The molecule has 0 fully saturated rings. The number of ether oxygens (including phenoxy) is 1. The van der Waals surface area contributed by atoms with Crippen LogP contribution in [0.1, 0.15) is 45.8 Å². The second kappa shape index (κ2) is 12.1. The number of hydrogen-bond donors (Lipinski definition) is 2. The summed E-state index contributed by atoms with van der Waals surface area (Å²) in [6, 6.07) is 19.9. The minimum atomic E-state index is -0.495. The summed E-state index contributed by atoms with van der Waals surface area (Å²) < 4.78 is 11.9. The number of anilines is 1. The predicted octanol–water partition coefficient (Wildman–Crippen LogP) is 6.59. The van der Waals surface area contributed by atoms with Crippen molar-refractivity contribution in [2.24, 2.45) is 5.10 Å². The first kappa shape index (κ1) is 27.6. The Morgan fingerprint density at radius 1 is 1.07 bits per heavy atom. The van der Waals surface area contributed by atoms with E-state index in [0.29, 0.717) is 63.2 Å². The van der Waals surface area contributed by atoms with Gasteiger partial charge in [-0.25, -0.2) is 5.43 Å². The zero-order valence-electron chi connectivity index (χ0n) is 22.0. The molecule has 0 saturated heterocycles. The number of nitrogens with zero attached hydrogens (tertiary/aromatic N) is 2. The number of benzene rings is 3. The molecule has 0 bridgehead atoms. The highest BCUT2D eigenvalue weighted by atomic mass is 35.5. The number of hydrazone groups is 1. The highest BCUT2D eigenvalue weighted by Crippen LogP contribution is 2.34. The standard InChI is InChI=1S/C30H25ClN4O6/c1-18-28-23(33-34-27(36)16-19-10-13-21(14-11-19)35(38)39)8-5-9-26(28)41-29(18)30(37)32-24-17-20(31)12-15-25(24)40-22-6-3-2-4-7-22/h2-4,6-7,10-15,17H,5,8-9,16H2,1H3,(H,32,37)(H,34,36)/b33-23+. The first-order valence-electron chi connectivity index (χ1n) is 12.8. The van der Waals surface area contributed by atoms with E-state index in [2.05, 4.69) is 15.8 Å². The van der Waals surface area contributed by atoms with Crippen molar-refractivity contribution in [1.82, 2.24) is 5.43 Å². The predicted molar refractivity (Wildman–Crippen MR) is 154 cm³/mol. The van der Waals surface area contributed by atoms with Gasteiger partial charge < -0.3 is 14.5 Å². The average molecular weight is 573 g/mol. The van der Waals surface area contributed by atoms with Crippen LogP contribution in [0.15, 0.2) is 82.3 Å². The fraction of sp³-hybridized carbons (Fsp3) is 0.167. The fourth-order valence-corrected chi connectivity index (χ4v) is 4.74. The number of amides is 2. The van der Waals surface area contributed by atoms with Gasteiger partial charge in [-0.3, -0.25) is 19.7 Å². The van der Waals surface area contributed by atoms with E-state index in [1.165, 1.54) is 24.3 Å². The Bertz CT molecular complexity index is 1650. The molecular weight excluding hydrogens is 548 g/mol.